The van der Waals surface area contributed by atoms with Crippen molar-refractivity contribution in [1.82, 2.24) is 5.32 Å². The maximum absolute atomic E-state index is 12.8. The van der Waals surface area contributed by atoms with Crippen LogP contribution in [0.5, 0.6) is 5.75 Å². The topological polar surface area (TPSA) is 79.0 Å². The Morgan fingerprint density at radius 1 is 1.07 bits per heavy atom. The third-order valence-electron chi connectivity index (χ3n) is 5.32. The van der Waals surface area contributed by atoms with Crippen LogP contribution in [0.25, 0.3) is 0 Å². The maximum atomic E-state index is 12.8. The molecular weight excluding hydrogens is 390 g/mol. The van der Waals surface area contributed by atoms with E-state index in [0.717, 1.165) is 30.6 Å². The van der Waals surface area contributed by atoms with Gasteiger partial charge in [-0.25, -0.2) is 8.42 Å². The third-order valence-corrected chi connectivity index (χ3v) is 6.47. The van der Waals surface area contributed by atoms with Crippen molar-refractivity contribution in [3.05, 3.63) is 54.1 Å². The Bertz CT molecular complexity index is 1000. The Labute approximate surface area is 171 Å². The summed E-state index contributed by atoms with van der Waals surface area (Å²) in [6.45, 7) is 2.37. The fourth-order valence-electron chi connectivity index (χ4n) is 3.88. The molecule has 0 radical (unpaired) electrons. The zero-order valence-electron chi connectivity index (χ0n) is 16.4. The van der Waals surface area contributed by atoms with E-state index in [0.29, 0.717) is 18.0 Å². The number of carbonyl (C=O) groups is 1. The third kappa shape index (κ3) is 4.17. The molecule has 0 saturated carbocycles. The summed E-state index contributed by atoms with van der Waals surface area (Å²) in [6, 6.07) is 14.9. The molecule has 4 rings (SSSR count). The zero-order chi connectivity index (χ0) is 20.4. The summed E-state index contributed by atoms with van der Waals surface area (Å²) in [4.78, 5) is 15.1. The number of nitrogens with zero attached hydrogens (tertiary/aromatic N) is 2. The molecule has 29 heavy (non-hydrogen) atoms. The second kappa shape index (κ2) is 7.94. The smallest absolute Gasteiger partial charge is 0.263 e. The lowest BCUT2D eigenvalue weighted by Gasteiger charge is -2.34. The molecule has 0 unspecified atom stereocenters. The summed E-state index contributed by atoms with van der Waals surface area (Å²) in [5, 5.41) is 2.92. The van der Waals surface area contributed by atoms with Crippen LogP contribution in [0.15, 0.2) is 48.5 Å². The fraction of sp³-hybridized carbons (Fsp3) is 0.381. The van der Waals surface area contributed by atoms with Crippen LogP contribution in [0.3, 0.4) is 0 Å². The van der Waals surface area contributed by atoms with Crippen LogP contribution in [-0.2, 0) is 21.4 Å². The highest BCUT2D eigenvalue weighted by Gasteiger charge is 2.34. The van der Waals surface area contributed by atoms with Gasteiger partial charge < -0.3 is 15.0 Å². The van der Waals surface area contributed by atoms with Gasteiger partial charge in [-0.2, -0.15) is 0 Å². The number of fused-ring (bicyclic) bond motifs is 1. The molecule has 1 N–H and O–H groups in total. The minimum absolute atomic E-state index is 0.0462. The zero-order valence-corrected chi connectivity index (χ0v) is 17.2. The maximum Gasteiger partial charge on any atom is 0.263 e. The molecule has 0 spiro atoms. The standard InChI is InChI=1S/C21H25N3O4S/c1-29(26,27)24-15-20(28-19-11-5-4-10-18(19)24)21(25)22-14-16-8-2-3-9-17(16)23-12-6-7-13-23/h2-5,8-11,20H,6-7,12-15H2,1H3,(H,22,25)/t20-/m0/s1. The van der Waals surface area contributed by atoms with Crippen molar-refractivity contribution in [1.29, 1.82) is 0 Å². The van der Waals surface area contributed by atoms with E-state index in [9.17, 15) is 13.2 Å². The molecule has 1 atom stereocenters. The molecule has 2 aromatic rings. The first-order valence-electron chi connectivity index (χ1n) is 9.77. The Hall–Kier alpha value is -2.74. The Balaban J connectivity index is 1.49. The SMILES string of the molecule is CS(=O)(=O)N1C[C@@H](C(=O)NCc2ccccc2N2CCCC2)Oc2ccccc21. The monoisotopic (exact) mass is 415 g/mol. The van der Waals surface area contributed by atoms with Crippen molar-refractivity contribution in [3.8, 4) is 5.75 Å². The van der Waals surface area contributed by atoms with Gasteiger partial charge >= 0.3 is 0 Å². The molecule has 8 heteroatoms. The largest absolute Gasteiger partial charge is 0.476 e. The summed E-state index contributed by atoms with van der Waals surface area (Å²) in [7, 11) is -3.52. The molecule has 0 aliphatic carbocycles. The molecule has 2 aromatic carbocycles. The quantitative estimate of drug-likeness (QED) is 0.809. The van der Waals surface area contributed by atoms with Crippen LogP contribution in [0.4, 0.5) is 11.4 Å². The lowest BCUT2D eigenvalue weighted by molar-refractivity contribution is -0.127. The summed E-state index contributed by atoms with van der Waals surface area (Å²) in [5.41, 5.74) is 2.63. The molecule has 0 bridgehead atoms. The Kier molecular flexibility index (Phi) is 5.36. The number of hydrogen-bond acceptors (Lipinski definition) is 5. The van der Waals surface area contributed by atoms with Gasteiger partial charge in [0.1, 0.15) is 5.75 Å². The predicted octanol–water partition coefficient (Wildman–Crippen LogP) is 2.13. The van der Waals surface area contributed by atoms with Gasteiger partial charge in [-0.15, -0.1) is 0 Å². The van der Waals surface area contributed by atoms with Crippen molar-refractivity contribution < 1.29 is 17.9 Å². The van der Waals surface area contributed by atoms with Gasteiger partial charge in [0.05, 0.1) is 18.5 Å². The molecule has 1 fully saturated rings. The first-order chi connectivity index (χ1) is 13.9. The highest BCUT2D eigenvalue weighted by atomic mass is 32.2. The second-order valence-electron chi connectivity index (χ2n) is 7.41. The lowest BCUT2D eigenvalue weighted by Crippen LogP contribution is -2.50. The van der Waals surface area contributed by atoms with E-state index in [1.807, 2.05) is 18.2 Å². The number of sulfonamides is 1. The number of anilines is 2. The van der Waals surface area contributed by atoms with E-state index in [1.54, 1.807) is 24.3 Å². The van der Waals surface area contributed by atoms with Crippen molar-refractivity contribution in [2.45, 2.75) is 25.5 Å². The van der Waals surface area contributed by atoms with Crippen LogP contribution < -0.4 is 19.3 Å². The second-order valence-corrected chi connectivity index (χ2v) is 9.32. The molecule has 2 heterocycles. The highest BCUT2D eigenvalue weighted by molar-refractivity contribution is 7.92. The summed E-state index contributed by atoms with van der Waals surface area (Å²) in [5.74, 6) is 0.0613. The molecule has 154 valence electrons. The first kappa shape index (κ1) is 19.6. The average Bonchev–Trinajstić information content (AvgIpc) is 3.25. The van der Waals surface area contributed by atoms with E-state index in [-0.39, 0.29) is 12.5 Å². The molecule has 2 aliphatic rings. The van der Waals surface area contributed by atoms with E-state index in [4.69, 9.17) is 4.74 Å². The van der Waals surface area contributed by atoms with Gasteiger partial charge in [-0.05, 0) is 36.6 Å². The molecular formula is C21H25N3O4S. The van der Waals surface area contributed by atoms with E-state index in [1.165, 1.54) is 17.1 Å². The number of rotatable bonds is 5. The normalized spacial score (nSPS) is 18.9. The Morgan fingerprint density at radius 3 is 2.45 bits per heavy atom. The van der Waals surface area contributed by atoms with Crippen LogP contribution >= 0.6 is 0 Å². The number of benzene rings is 2. The van der Waals surface area contributed by atoms with Gasteiger partial charge in [-0.3, -0.25) is 9.10 Å². The highest BCUT2D eigenvalue weighted by Crippen LogP contribution is 2.34. The van der Waals surface area contributed by atoms with E-state index < -0.39 is 16.1 Å². The van der Waals surface area contributed by atoms with E-state index >= 15 is 0 Å². The first-order valence-corrected chi connectivity index (χ1v) is 11.6. The average molecular weight is 416 g/mol. The molecule has 0 aromatic heterocycles. The van der Waals surface area contributed by atoms with Crippen LogP contribution in [0, 0.1) is 0 Å². The number of amides is 1. The van der Waals surface area contributed by atoms with Crippen LogP contribution in [0.1, 0.15) is 18.4 Å². The molecule has 2 aliphatic heterocycles. The van der Waals surface area contributed by atoms with Gasteiger partial charge in [0.15, 0.2) is 6.10 Å². The molecule has 1 amide bonds. The van der Waals surface area contributed by atoms with Crippen molar-refractivity contribution in [3.63, 3.8) is 0 Å². The minimum Gasteiger partial charge on any atom is -0.476 e. The van der Waals surface area contributed by atoms with Crippen LogP contribution in [-0.4, -0.2) is 46.3 Å². The summed E-state index contributed by atoms with van der Waals surface area (Å²) < 4.78 is 31.5. The Morgan fingerprint density at radius 2 is 1.72 bits per heavy atom. The van der Waals surface area contributed by atoms with Crippen LogP contribution in [0.2, 0.25) is 0 Å². The van der Waals surface area contributed by atoms with Gasteiger partial charge in [0.2, 0.25) is 10.0 Å². The van der Waals surface area contributed by atoms with Gasteiger partial charge in [-0.1, -0.05) is 30.3 Å². The fourth-order valence-corrected chi connectivity index (χ4v) is 4.79. The number of carbonyl (C=O) groups excluding carboxylic acids is 1. The molecule has 1 saturated heterocycles. The van der Waals surface area contributed by atoms with Gasteiger partial charge in [0.25, 0.3) is 5.91 Å². The van der Waals surface area contributed by atoms with Gasteiger partial charge in [0, 0.05) is 25.3 Å². The number of nitrogens with one attached hydrogen (secondary N) is 1. The number of hydrogen-bond donors (Lipinski definition) is 1. The minimum atomic E-state index is -3.52. The summed E-state index contributed by atoms with van der Waals surface area (Å²) in [6.07, 6.45) is 2.59. The van der Waals surface area contributed by atoms with Crippen molar-refractivity contribution >= 4 is 27.3 Å². The predicted molar refractivity (Wildman–Crippen MR) is 113 cm³/mol. The van der Waals surface area contributed by atoms with E-state index in [2.05, 4.69) is 16.3 Å². The summed E-state index contributed by atoms with van der Waals surface area (Å²) >= 11 is 0. The molecule has 7 nitrogen and oxygen atoms in total. The number of ether oxygens (including phenoxy) is 1. The van der Waals surface area contributed by atoms with Crippen molar-refractivity contribution in [2.75, 3.05) is 35.1 Å². The number of para-hydroxylation sites is 3. The van der Waals surface area contributed by atoms with Crippen molar-refractivity contribution in [2.24, 2.45) is 0 Å². The lowest BCUT2D eigenvalue weighted by atomic mass is 10.1.